The van der Waals surface area contributed by atoms with Crippen molar-refractivity contribution in [3.8, 4) is 10.6 Å². The Bertz CT molecular complexity index is 598. The molecule has 1 atom stereocenters. The first-order valence-electron chi connectivity index (χ1n) is 6.69. The zero-order chi connectivity index (χ0) is 14.7. The van der Waals surface area contributed by atoms with Gasteiger partial charge in [-0.3, -0.25) is 0 Å². The van der Waals surface area contributed by atoms with Gasteiger partial charge >= 0.3 is 0 Å². The number of rotatable bonds is 5. The largest absolute Gasteiger partial charge is 0.309 e. The highest BCUT2D eigenvalue weighted by Crippen LogP contribution is 2.33. The van der Waals surface area contributed by atoms with Crippen LogP contribution in [-0.4, -0.2) is 11.5 Å². The van der Waals surface area contributed by atoms with Crippen LogP contribution in [0.25, 0.3) is 10.6 Å². The lowest BCUT2D eigenvalue weighted by Crippen LogP contribution is -2.18. The molecule has 0 amide bonds. The van der Waals surface area contributed by atoms with Crippen molar-refractivity contribution in [3.63, 3.8) is 0 Å². The molecule has 0 bridgehead atoms. The van der Waals surface area contributed by atoms with Crippen molar-refractivity contribution >= 4 is 27.3 Å². The van der Waals surface area contributed by atoms with Gasteiger partial charge in [-0.2, -0.15) is 0 Å². The van der Waals surface area contributed by atoms with Crippen LogP contribution in [0.4, 0.5) is 4.39 Å². The Morgan fingerprint density at radius 2 is 2.20 bits per heavy atom. The maximum atomic E-state index is 13.6. The molecule has 0 aliphatic heterocycles. The van der Waals surface area contributed by atoms with Crippen LogP contribution in [0.3, 0.4) is 0 Å². The molecule has 0 saturated heterocycles. The summed E-state index contributed by atoms with van der Waals surface area (Å²) in [5, 5.41) is 4.33. The van der Waals surface area contributed by atoms with Gasteiger partial charge in [0.2, 0.25) is 0 Å². The van der Waals surface area contributed by atoms with Crippen LogP contribution >= 0.6 is 27.3 Å². The van der Waals surface area contributed by atoms with Gasteiger partial charge < -0.3 is 5.32 Å². The molecular formula is C15H18BrFN2S. The second kappa shape index (κ2) is 6.78. The van der Waals surface area contributed by atoms with Gasteiger partial charge in [0.05, 0.1) is 10.2 Å². The van der Waals surface area contributed by atoms with E-state index in [1.807, 2.05) is 13.0 Å². The second-order valence-electron chi connectivity index (χ2n) is 4.77. The van der Waals surface area contributed by atoms with Crippen LogP contribution < -0.4 is 5.32 Å². The number of hydrogen-bond donors (Lipinski definition) is 1. The number of nitrogens with zero attached hydrogens (tertiary/aromatic N) is 1. The van der Waals surface area contributed by atoms with Crippen LogP contribution in [0, 0.1) is 12.7 Å². The maximum absolute atomic E-state index is 13.6. The SMILES string of the molecule is CCCNC(C)c1sc(-c2ccc(Br)c(F)c2)nc1C. The average Bonchev–Trinajstić information content (AvgIpc) is 2.81. The zero-order valence-corrected chi connectivity index (χ0v) is 14.2. The smallest absolute Gasteiger partial charge is 0.138 e. The summed E-state index contributed by atoms with van der Waals surface area (Å²) < 4.78 is 14.1. The molecular weight excluding hydrogens is 339 g/mol. The summed E-state index contributed by atoms with van der Waals surface area (Å²) >= 11 is 4.80. The first-order chi connectivity index (χ1) is 9.52. The van der Waals surface area contributed by atoms with E-state index in [4.69, 9.17) is 0 Å². The summed E-state index contributed by atoms with van der Waals surface area (Å²) in [6, 6.07) is 5.41. The minimum Gasteiger partial charge on any atom is -0.309 e. The van der Waals surface area contributed by atoms with E-state index in [1.54, 1.807) is 17.4 Å². The average molecular weight is 357 g/mol. The number of nitrogens with one attached hydrogen (secondary N) is 1. The van der Waals surface area contributed by atoms with Crippen molar-refractivity contribution in [2.24, 2.45) is 0 Å². The van der Waals surface area contributed by atoms with Crippen LogP contribution in [0.1, 0.15) is 36.9 Å². The first-order valence-corrected chi connectivity index (χ1v) is 8.30. The Morgan fingerprint density at radius 3 is 2.85 bits per heavy atom. The summed E-state index contributed by atoms with van der Waals surface area (Å²) in [5.74, 6) is -0.256. The van der Waals surface area contributed by atoms with Crippen molar-refractivity contribution in [1.82, 2.24) is 10.3 Å². The van der Waals surface area contributed by atoms with Gasteiger partial charge in [0.1, 0.15) is 10.8 Å². The van der Waals surface area contributed by atoms with Gasteiger partial charge in [0.15, 0.2) is 0 Å². The normalized spacial score (nSPS) is 12.7. The van der Waals surface area contributed by atoms with Gasteiger partial charge in [-0.1, -0.05) is 13.0 Å². The van der Waals surface area contributed by atoms with Crippen molar-refractivity contribution < 1.29 is 4.39 Å². The Kier molecular flexibility index (Phi) is 5.29. The Labute approximate surface area is 131 Å². The Hall–Kier alpha value is -0.780. The molecule has 1 aromatic carbocycles. The molecule has 5 heteroatoms. The number of benzene rings is 1. The van der Waals surface area contributed by atoms with Crippen LogP contribution in [0.2, 0.25) is 0 Å². The zero-order valence-electron chi connectivity index (χ0n) is 11.8. The molecule has 1 unspecified atom stereocenters. The second-order valence-corrected chi connectivity index (χ2v) is 6.66. The molecule has 1 aromatic heterocycles. The minimum absolute atomic E-state index is 0.256. The highest BCUT2D eigenvalue weighted by Gasteiger charge is 2.15. The third-order valence-corrected chi connectivity index (χ3v) is 5.13. The molecule has 20 heavy (non-hydrogen) atoms. The highest BCUT2D eigenvalue weighted by atomic mass is 79.9. The number of aryl methyl sites for hydroxylation is 1. The number of aromatic nitrogens is 1. The molecule has 0 aliphatic carbocycles. The molecule has 0 aliphatic rings. The summed E-state index contributed by atoms with van der Waals surface area (Å²) in [6.45, 7) is 7.28. The molecule has 2 aromatic rings. The molecule has 2 rings (SSSR count). The lowest BCUT2D eigenvalue weighted by atomic mass is 10.2. The topological polar surface area (TPSA) is 24.9 Å². The fraction of sp³-hybridized carbons (Fsp3) is 0.400. The molecule has 0 spiro atoms. The van der Waals surface area contributed by atoms with E-state index < -0.39 is 0 Å². The van der Waals surface area contributed by atoms with Gasteiger partial charge in [-0.25, -0.2) is 9.37 Å². The summed E-state index contributed by atoms with van der Waals surface area (Å²) in [5.41, 5.74) is 1.84. The van der Waals surface area contributed by atoms with Gasteiger partial charge in [-0.15, -0.1) is 11.3 Å². The van der Waals surface area contributed by atoms with Gasteiger partial charge in [0, 0.05) is 16.5 Å². The van der Waals surface area contributed by atoms with Crippen molar-refractivity contribution in [2.75, 3.05) is 6.54 Å². The lowest BCUT2D eigenvalue weighted by Gasteiger charge is -2.11. The number of halogens is 2. The van der Waals surface area contributed by atoms with Crippen molar-refractivity contribution in [1.29, 1.82) is 0 Å². The standard InChI is InChI=1S/C15H18BrFN2S/c1-4-7-18-9(2)14-10(3)19-15(20-14)11-5-6-12(16)13(17)8-11/h5-6,8-9,18H,4,7H2,1-3H3. The lowest BCUT2D eigenvalue weighted by molar-refractivity contribution is 0.575. The fourth-order valence-electron chi connectivity index (χ4n) is 2.02. The van der Waals surface area contributed by atoms with E-state index in [0.717, 1.165) is 29.2 Å². The van der Waals surface area contributed by atoms with E-state index in [-0.39, 0.29) is 11.9 Å². The third-order valence-electron chi connectivity index (χ3n) is 3.09. The van der Waals surface area contributed by atoms with Crippen LogP contribution in [-0.2, 0) is 0 Å². The number of thiazole rings is 1. The van der Waals surface area contributed by atoms with Crippen LogP contribution in [0.15, 0.2) is 22.7 Å². The molecule has 0 saturated carbocycles. The predicted molar refractivity (Wildman–Crippen MR) is 86.7 cm³/mol. The minimum atomic E-state index is -0.256. The molecule has 0 radical (unpaired) electrons. The Morgan fingerprint density at radius 1 is 1.45 bits per heavy atom. The van der Waals surface area contributed by atoms with Gasteiger partial charge in [0.25, 0.3) is 0 Å². The third kappa shape index (κ3) is 3.45. The predicted octanol–water partition coefficient (Wildman–Crippen LogP) is 5.08. The van der Waals surface area contributed by atoms with E-state index in [0.29, 0.717) is 4.47 Å². The molecule has 0 fully saturated rings. The van der Waals surface area contributed by atoms with Crippen molar-refractivity contribution in [2.45, 2.75) is 33.2 Å². The summed E-state index contributed by atoms with van der Waals surface area (Å²) in [6.07, 6.45) is 1.10. The monoisotopic (exact) mass is 356 g/mol. The quantitative estimate of drug-likeness (QED) is 0.807. The van der Waals surface area contributed by atoms with Crippen LogP contribution in [0.5, 0.6) is 0 Å². The molecule has 1 N–H and O–H groups in total. The number of hydrogen-bond acceptors (Lipinski definition) is 3. The van der Waals surface area contributed by atoms with E-state index in [2.05, 4.69) is 40.1 Å². The molecule has 2 nitrogen and oxygen atoms in total. The maximum Gasteiger partial charge on any atom is 0.138 e. The highest BCUT2D eigenvalue weighted by molar-refractivity contribution is 9.10. The van der Waals surface area contributed by atoms with E-state index in [9.17, 15) is 4.39 Å². The summed E-state index contributed by atoms with van der Waals surface area (Å²) in [4.78, 5) is 5.80. The Balaban J connectivity index is 2.28. The first kappa shape index (κ1) is 15.6. The fourth-order valence-corrected chi connectivity index (χ4v) is 3.35. The van der Waals surface area contributed by atoms with E-state index in [1.165, 1.54) is 10.9 Å². The molecule has 1 heterocycles. The summed E-state index contributed by atoms with van der Waals surface area (Å²) in [7, 11) is 0. The molecule has 108 valence electrons. The van der Waals surface area contributed by atoms with Crippen molar-refractivity contribution in [3.05, 3.63) is 39.1 Å². The van der Waals surface area contributed by atoms with Gasteiger partial charge in [-0.05, 0) is 54.9 Å². The van der Waals surface area contributed by atoms with E-state index >= 15 is 0 Å².